The van der Waals surface area contributed by atoms with Gasteiger partial charge in [-0.3, -0.25) is 4.79 Å². The number of ether oxygens (including phenoxy) is 1. The quantitative estimate of drug-likeness (QED) is 0.637. The lowest BCUT2D eigenvalue weighted by molar-refractivity contribution is -0.148. The third-order valence-corrected chi connectivity index (χ3v) is 6.87. The highest BCUT2D eigenvalue weighted by molar-refractivity contribution is 7.12. The molecule has 0 spiro atoms. The summed E-state index contributed by atoms with van der Waals surface area (Å²) in [7, 11) is 4.21. The first-order valence-electron chi connectivity index (χ1n) is 10.1. The van der Waals surface area contributed by atoms with E-state index in [4.69, 9.17) is 4.74 Å². The van der Waals surface area contributed by atoms with Gasteiger partial charge in [0.15, 0.2) is 0 Å². The maximum Gasteiger partial charge on any atom is 0.316 e. The Morgan fingerprint density at radius 1 is 1.21 bits per heavy atom. The van der Waals surface area contributed by atoms with Crippen LogP contribution in [-0.2, 0) is 27.8 Å². The summed E-state index contributed by atoms with van der Waals surface area (Å²) in [5.74, 6) is -0.148. The van der Waals surface area contributed by atoms with E-state index in [-0.39, 0.29) is 5.97 Å². The lowest BCUT2D eigenvalue weighted by Crippen LogP contribution is -2.30. The van der Waals surface area contributed by atoms with Crippen molar-refractivity contribution in [3.63, 3.8) is 0 Å². The van der Waals surface area contributed by atoms with Gasteiger partial charge in [0.05, 0.1) is 12.0 Å². The maximum absolute atomic E-state index is 12.5. The summed E-state index contributed by atoms with van der Waals surface area (Å²) in [6, 6.07) is 11.0. The number of thiophene rings is 1. The minimum Gasteiger partial charge on any atom is -0.465 e. The first-order chi connectivity index (χ1) is 13.3. The fourth-order valence-electron chi connectivity index (χ4n) is 3.64. The molecule has 2 aromatic rings. The second-order valence-corrected chi connectivity index (χ2v) is 9.30. The van der Waals surface area contributed by atoms with Gasteiger partial charge in [-0.15, -0.1) is 11.3 Å². The number of esters is 1. The number of hydrogen-bond donors (Lipinski definition) is 0. The molecule has 3 rings (SSSR count). The molecule has 0 unspecified atom stereocenters. The van der Waals surface area contributed by atoms with Crippen molar-refractivity contribution in [1.29, 1.82) is 0 Å². The zero-order valence-corrected chi connectivity index (χ0v) is 18.5. The van der Waals surface area contributed by atoms with Crippen molar-refractivity contribution in [2.24, 2.45) is 0 Å². The van der Waals surface area contributed by atoms with Gasteiger partial charge in [0.2, 0.25) is 0 Å². The SMILES string of the molecule is CCOC(=O)C(C)(C)c1cc2c(s1)CCc1ccccc1/C2=C\CCN(C)C. The van der Waals surface area contributed by atoms with Crippen LogP contribution in [-0.4, -0.2) is 38.1 Å². The minimum atomic E-state index is -0.624. The molecule has 1 aliphatic rings. The molecule has 150 valence electrons. The molecule has 28 heavy (non-hydrogen) atoms. The first-order valence-corrected chi connectivity index (χ1v) is 10.9. The Hall–Kier alpha value is -1.91. The van der Waals surface area contributed by atoms with Gasteiger partial charge in [-0.1, -0.05) is 30.3 Å². The Morgan fingerprint density at radius 3 is 2.68 bits per heavy atom. The van der Waals surface area contributed by atoms with Crippen LogP contribution in [0.4, 0.5) is 0 Å². The van der Waals surface area contributed by atoms with Gasteiger partial charge in [-0.05, 0) is 82.5 Å². The summed E-state index contributed by atoms with van der Waals surface area (Å²) in [5.41, 5.74) is 4.72. The van der Waals surface area contributed by atoms with E-state index in [0.29, 0.717) is 6.61 Å². The number of carbonyl (C=O) groups excluding carboxylic acids is 1. The second-order valence-electron chi connectivity index (χ2n) is 8.16. The van der Waals surface area contributed by atoms with Crippen LogP contribution >= 0.6 is 11.3 Å². The van der Waals surface area contributed by atoms with E-state index in [9.17, 15) is 4.79 Å². The van der Waals surface area contributed by atoms with Crippen LogP contribution in [0.15, 0.2) is 36.4 Å². The van der Waals surface area contributed by atoms with Gasteiger partial charge >= 0.3 is 5.97 Å². The fraction of sp³-hybridized carbons (Fsp3) is 0.458. The molecule has 0 fully saturated rings. The second kappa shape index (κ2) is 8.62. The molecular weight excluding hydrogens is 366 g/mol. The predicted molar refractivity (Wildman–Crippen MR) is 118 cm³/mol. The molecule has 1 aliphatic carbocycles. The maximum atomic E-state index is 12.5. The van der Waals surface area contributed by atoms with Gasteiger partial charge < -0.3 is 9.64 Å². The summed E-state index contributed by atoms with van der Waals surface area (Å²) >= 11 is 1.77. The molecule has 1 heterocycles. The highest BCUT2D eigenvalue weighted by atomic mass is 32.1. The standard InChI is InChI=1S/C24H31NO2S/c1-6-27-23(26)24(2,3)22-16-20-19(12-9-15-25(4)5)18-11-8-7-10-17(18)13-14-21(20)28-22/h7-8,10-12,16H,6,9,13-15H2,1-5H3/b19-12+. The fourth-order valence-corrected chi connectivity index (χ4v) is 4.91. The molecule has 0 saturated heterocycles. The van der Waals surface area contributed by atoms with E-state index in [1.54, 1.807) is 11.3 Å². The van der Waals surface area contributed by atoms with Crippen molar-refractivity contribution in [3.05, 3.63) is 62.9 Å². The van der Waals surface area contributed by atoms with Crippen LogP contribution in [0.2, 0.25) is 0 Å². The van der Waals surface area contributed by atoms with Crippen LogP contribution in [0.1, 0.15) is 53.6 Å². The van der Waals surface area contributed by atoms with E-state index in [1.165, 1.54) is 27.1 Å². The molecule has 3 nitrogen and oxygen atoms in total. The summed E-state index contributed by atoms with van der Waals surface area (Å²) in [6.07, 6.45) is 5.42. The third-order valence-electron chi connectivity index (χ3n) is 5.35. The van der Waals surface area contributed by atoms with Crippen molar-refractivity contribution in [2.75, 3.05) is 27.2 Å². The Morgan fingerprint density at radius 2 is 1.96 bits per heavy atom. The van der Waals surface area contributed by atoms with Gasteiger partial charge in [-0.25, -0.2) is 0 Å². The Labute approximate surface area is 173 Å². The van der Waals surface area contributed by atoms with Crippen LogP contribution in [0, 0.1) is 0 Å². The summed E-state index contributed by atoms with van der Waals surface area (Å²) in [5, 5.41) is 0. The zero-order chi connectivity index (χ0) is 20.3. The van der Waals surface area contributed by atoms with Gasteiger partial charge in [-0.2, -0.15) is 0 Å². The molecule has 0 saturated carbocycles. The van der Waals surface area contributed by atoms with Gasteiger partial charge in [0, 0.05) is 16.3 Å². The molecule has 0 N–H and O–H groups in total. The van der Waals surface area contributed by atoms with Gasteiger partial charge in [0.1, 0.15) is 0 Å². The molecule has 0 amide bonds. The molecule has 1 aromatic carbocycles. The summed E-state index contributed by atoms with van der Waals surface area (Å²) in [4.78, 5) is 17.2. The normalized spacial score (nSPS) is 15.3. The number of aryl methyl sites for hydroxylation is 2. The highest BCUT2D eigenvalue weighted by Crippen LogP contribution is 2.42. The summed E-state index contributed by atoms with van der Waals surface area (Å²) < 4.78 is 5.34. The lowest BCUT2D eigenvalue weighted by Gasteiger charge is -2.20. The van der Waals surface area contributed by atoms with Crippen molar-refractivity contribution in [1.82, 2.24) is 4.90 Å². The third kappa shape index (κ3) is 4.23. The van der Waals surface area contributed by atoms with Crippen LogP contribution in [0.5, 0.6) is 0 Å². The van der Waals surface area contributed by atoms with Gasteiger partial charge in [0.25, 0.3) is 0 Å². The van der Waals surface area contributed by atoms with E-state index < -0.39 is 5.41 Å². The van der Waals surface area contributed by atoms with Crippen LogP contribution in [0.25, 0.3) is 5.57 Å². The molecule has 0 aliphatic heterocycles. The van der Waals surface area contributed by atoms with Crippen LogP contribution in [0.3, 0.4) is 0 Å². The smallest absolute Gasteiger partial charge is 0.316 e. The highest BCUT2D eigenvalue weighted by Gasteiger charge is 2.35. The number of fused-ring (bicyclic) bond motifs is 2. The predicted octanol–water partition coefficient (Wildman–Crippen LogP) is 5.07. The number of benzene rings is 1. The molecule has 0 bridgehead atoms. The van der Waals surface area contributed by atoms with Crippen LogP contribution < -0.4 is 0 Å². The van der Waals surface area contributed by atoms with Crippen molar-refractivity contribution in [2.45, 2.75) is 45.4 Å². The average molecular weight is 398 g/mol. The van der Waals surface area contributed by atoms with E-state index in [1.807, 2.05) is 20.8 Å². The Bertz CT molecular complexity index is 876. The topological polar surface area (TPSA) is 29.5 Å². The number of carbonyl (C=O) groups is 1. The Kier molecular flexibility index (Phi) is 6.41. The largest absolute Gasteiger partial charge is 0.465 e. The molecule has 0 radical (unpaired) electrons. The number of hydrogen-bond acceptors (Lipinski definition) is 4. The van der Waals surface area contributed by atoms with Crippen molar-refractivity contribution in [3.8, 4) is 0 Å². The molecule has 4 heteroatoms. The van der Waals surface area contributed by atoms with Crippen molar-refractivity contribution >= 4 is 22.9 Å². The molecule has 0 atom stereocenters. The van der Waals surface area contributed by atoms with E-state index in [2.05, 4.69) is 55.4 Å². The number of nitrogens with zero attached hydrogens (tertiary/aromatic N) is 1. The van der Waals surface area contributed by atoms with E-state index >= 15 is 0 Å². The van der Waals surface area contributed by atoms with Crippen molar-refractivity contribution < 1.29 is 9.53 Å². The molecular formula is C24H31NO2S. The number of rotatable bonds is 6. The zero-order valence-electron chi connectivity index (χ0n) is 17.7. The lowest BCUT2D eigenvalue weighted by atomic mass is 9.89. The first kappa shape index (κ1) is 20.8. The monoisotopic (exact) mass is 397 g/mol. The average Bonchev–Trinajstić information content (AvgIpc) is 3.03. The van der Waals surface area contributed by atoms with E-state index in [0.717, 1.165) is 30.7 Å². The minimum absolute atomic E-state index is 0.148. The molecule has 1 aromatic heterocycles. The Balaban J connectivity index is 2.06. The summed E-state index contributed by atoms with van der Waals surface area (Å²) in [6.45, 7) is 7.24.